The number of carboxylic acid groups (broad SMARTS) is 1. The molecule has 0 spiro atoms. The van der Waals surface area contributed by atoms with E-state index < -0.39 is 12.1 Å². The van der Waals surface area contributed by atoms with Crippen LogP contribution < -0.4 is 10.6 Å². The molecule has 104 valence electrons. The molecule has 0 bridgehead atoms. The largest absolute Gasteiger partial charge is 0.479 e. The van der Waals surface area contributed by atoms with Gasteiger partial charge >= 0.3 is 12.0 Å². The smallest absolute Gasteiger partial charge is 0.332 e. The third kappa shape index (κ3) is 4.89. The lowest BCUT2D eigenvalue weighted by atomic mass is 10.2. The second kappa shape index (κ2) is 7.17. The second-order valence-electron chi connectivity index (χ2n) is 4.37. The van der Waals surface area contributed by atoms with Crippen LogP contribution in [0.25, 0.3) is 0 Å². The first kappa shape index (κ1) is 14.7. The third-order valence-electron chi connectivity index (χ3n) is 2.67. The highest BCUT2D eigenvalue weighted by Gasteiger charge is 2.30. The number of aliphatic carboxylic acids is 1. The number of urea groups is 1. The summed E-state index contributed by atoms with van der Waals surface area (Å²) < 4.78 is 10.1. The van der Waals surface area contributed by atoms with Crippen molar-refractivity contribution in [2.45, 2.75) is 38.0 Å². The molecule has 7 nitrogen and oxygen atoms in total. The average Bonchev–Trinajstić information content (AvgIpc) is 2.75. The van der Waals surface area contributed by atoms with E-state index in [0.717, 1.165) is 0 Å². The van der Waals surface area contributed by atoms with Crippen molar-refractivity contribution in [3.05, 3.63) is 0 Å². The first-order valence-electron chi connectivity index (χ1n) is 5.94. The molecule has 0 aliphatic carbocycles. The second-order valence-corrected chi connectivity index (χ2v) is 4.37. The van der Waals surface area contributed by atoms with Gasteiger partial charge in [-0.3, -0.25) is 0 Å². The summed E-state index contributed by atoms with van der Waals surface area (Å²) in [6, 6.07) is -0.381. The summed E-state index contributed by atoms with van der Waals surface area (Å²) in [7, 11) is 1.56. The number of amides is 2. The zero-order valence-electron chi connectivity index (χ0n) is 10.6. The average molecular weight is 260 g/mol. The van der Waals surface area contributed by atoms with Crippen molar-refractivity contribution < 1.29 is 24.2 Å². The zero-order chi connectivity index (χ0) is 13.5. The maximum atomic E-state index is 11.5. The van der Waals surface area contributed by atoms with E-state index in [2.05, 4.69) is 10.6 Å². The highest BCUT2D eigenvalue weighted by Crippen LogP contribution is 2.19. The highest BCUT2D eigenvalue weighted by atomic mass is 16.5. The minimum absolute atomic E-state index is 0.0775. The van der Waals surface area contributed by atoms with Crippen molar-refractivity contribution in [3.8, 4) is 0 Å². The molecule has 1 rings (SSSR count). The number of rotatable bonds is 6. The van der Waals surface area contributed by atoms with Crippen LogP contribution in [0.3, 0.4) is 0 Å². The Morgan fingerprint density at radius 1 is 1.50 bits per heavy atom. The predicted octanol–water partition coefficient (Wildman–Crippen LogP) is -0.0473. The molecule has 3 atom stereocenters. The van der Waals surface area contributed by atoms with Gasteiger partial charge in [-0.25, -0.2) is 9.59 Å². The Morgan fingerprint density at radius 3 is 2.78 bits per heavy atom. The topological polar surface area (TPSA) is 96.9 Å². The monoisotopic (exact) mass is 260 g/mol. The molecular formula is C11H20N2O5. The van der Waals surface area contributed by atoms with E-state index in [1.54, 1.807) is 7.11 Å². The maximum Gasteiger partial charge on any atom is 0.332 e. The van der Waals surface area contributed by atoms with Crippen molar-refractivity contribution in [3.63, 3.8) is 0 Å². The Bertz CT molecular complexity index is 297. The molecule has 1 aliphatic heterocycles. The molecule has 3 unspecified atom stereocenters. The van der Waals surface area contributed by atoms with E-state index >= 15 is 0 Å². The lowest BCUT2D eigenvalue weighted by molar-refractivity contribution is -0.149. The minimum atomic E-state index is -0.948. The third-order valence-corrected chi connectivity index (χ3v) is 2.67. The maximum absolute atomic E-state index is 11.5. The van der Waals surface area contributed by atoms with Crippen LogP contribution in [0.15, 0.2) is 0 Å². The van der Waals surface area contributed by atoms with Crippen LogP contribution in [0, 0.1) is 0 Å². The number of ether oxygens (including phenoxy) is 2. The Labute approximate surface area is 106 Å². The fraction of sp³-hybridized carbons (Fsp3) is 0.818. The number of carboxylic acids is 1. The normalized spacial score (nSPS) is 24.6. The molecule has 1 saturated heterocycles. The summed E-state index contributed by atoms with van der Waals surface area (Å²) >= 11 is 0. The summed E-state index contributed by atoms with van der Waals surface area (Å²) in [4.78, 5) is 22.1. The summed E-state index contributed by atoms with van der Waals surface area (Å²) in [6.45, 7) is 2.58. The molecule has 0 aromatic rings. The van der Waals surface area contributed by atoms with E-state index in [1.807, 2.05) is 6.92 Å². The Kier molecular flexibility index (Phi) is 5.87. The standard InChI is InChI=1S/C11H20N2O5/c1-7(6-17-2)13-11(16)12-5-8-3-4-9(18-8)10(14)15/h7-9H,3-6H2,1-2H3,(H,14,15)(H2,12,13,16). The van der Waals surface area contributed by atoms with E-state index in [-0.39, 0.29) is 18.2 Å². The first-order valence-corrected chi connectivity index (χ1v) is 5.94. The van der Waals surface area contributed by atoms with Gasteiger partial charge in [0.25, 0.3) is 0 Å². The summed E-state index contributed by atoms with van der Waals surface area (Å²) in [6.07, 6.45) is 0.163. The fourth-order valence-electron chi connectivity index (χ4n) is 1.81. The highest BCUT2D eigenvalue weighted by molar-refractivity contribution is 5.74. The number of nitrogens with one attached hydrogen (secondary N) is 2. The molecule has 0 aromatic carbocycles. The van der Waals surface area contributed by atoms with Crippen LogP contribution in [0.2, 0.25) is 0 Å². The van der Waals surface area contributed by atoms with Crippen LogP contribution in [0.4, 0.5) is 4.79 Å². The molecule has 7 heteroatoms. The Morgan fingerprint density at radius 2 is 2.22 bits per heavy atom. The predicted molar refractivity (Wildman–Crippen MR) is 63.4 cm³/mol. The lowest BCUT2D eigenvalue weighted by Gasteiger charge is -2.16. The van der Waals surface area contributed by atoms with E-state index in [9.17, 15) is 9.59 Å². The van der Waals surface area contributed by atoms with Crippen LogP contribution >= 0.6 is 0 Å². The quantitative estimate of drug-likeness (QED) is 0.622. The lowest BCUT2D eigenvalue weighted by Crippen LogP contribution is -2.45. The van der Waals surface area contributed by atoms with Crippen molar-refractivity contribution >= 4 is 12.0 Å². The van der Waals surface area contributed by atoms with Crippen LogP contribution in [-0.4, -0.2) is 55.6 Å². The Hall–Kier alpha value is -1.34. The molecule has 2 amide bonds. The van der Waals surface area contributed by atoms with Gasteiger partial charge in [0.2, 0.25) is 0 Å². The van der Waals surface area contributed by atoms with Crippen LogP contribution in [0.1, 0.15) is 19.8 Å². The van der Waals surface area contributed by atoms with Crippen LogP contribution in [-0.2, 0) is 14.3 Å². The SMILES string of the molecule is COCC(C)NC(=O)NCC1CCC(C(=O)O)O1. The summed E-state index contributed by atoms with van der Waals surface area (Å²) in [5, 5.41) is 14.1. The van der Waals surface area contributed by atoms with E-state index in [4.69, 9.17) is 14.6 Å². The number of carbonyl (C=O) groups is 2. The molecule has 1 aliphatic rings. The molecule has 18 heavy (non-hydrogen) atoms. The molecule has 1 fully saturated rings. The van der Waals surface area contributed by atoms with E-state index in [1.165, 1.54) is 0 Å². The van der Waals surface area contributed by atoms with Gasteiger partial charge in [0.1, 0.15) is 0 Å². The number of hydrogen-bond acceptors (Lipinski definition) is 4. The first-order chi connectivity index (χ1) is 8.52. The van der Waals surface area contributed by atoms with Crippen LogP contribution in [0.5, 0.6) is 0 Å². The van der Waals surface area contributed by atoms with Gasteiger partial charge in [0.05, 0.1) is 18.8 Å². The summed E-state index contributed by atoms with van der Waals surface area (Å²) in [5.41, 5.74) is 0. The molecule has 1 heterocycles. The molecule has 0 saturated carbocycles. The van der Waals surface area contributed by atoms with Gasteiger partial charge in [0.15, 0.2) is 6.10 Å². The van der Waals surface area contributed by atoms with Gasteiger partial charge in [-0.2, -0.15) is 0 Å². The zero-order valence-corrected chi connectivity index (χ0v) is 10.6. The van der Waals surface area contributed by atoms with Crippen molar-refractivity contribution in [2.24, 2.45) is 0 Å². The molecular weight excluding hydrogens is 240 g/mol. The van der Waals surface area contributed by atoms with Crippen molar-refractivity contribution in [2.75, 3.05) is 20.3 Å². The van der Waals surface area contributed by atoms with Gasteiger partial charge in [-0.15, -0.1) is 0 Å². The molecule has 0 radical (unpaired) electrons. The van der Waals surface area contributed by atoms with Gasteiger partial charge < -0.3 is 25.2 Å². The molecule has 3 N–H and O–H groups in total. The Balaban J connectivity index is 2.17. The summed E-state index contributed by atoms with van der Waals surface area (Å²) in [5.74, 6) is -0.948. The fourth-order valence-corrected chi connectivity index (χ4v) is 1.81. The van der Waals surface area contributed by atoms with Gasteiger partial charge in [-0.05, 0) is 19.8 Å². The van der Waals surface area contributed by atoms with Crippen molar-refractivity contribution in [1.29, 1.82) is 0 Å². The number of methoxy groups -OCH3 is 1. The van der Waals surface area contributed by atoms with Gasteiger partial charge in [0, 0.05) is 13.7 Å². The van der Waals surface area contributed by atoms with Crippen molar-refractivity contribution in [1.82, 2.24) is 10.6 Å². The molecule has 0 aromatic heterocycles. The number of carbonyl (C=O) groups excluding carboxylic acids is 1. The number of hydrogen-bond donors (Lipinski definition) is 3. The van der Waals surface area contributed by atoms with E-state index in [0.29, 0.717) is 26.0 Å². The minimum Gasteiger partial charge on any atom is -0.479 e. The van der Waals surface area contributed by atoms with Gasteiger partial charge in [-0.1, -0.05) is 0 Å².